The zero-order valence-electron chi connectivity index (χ0n) is 11.2. The monoisotopic (exact) mass is 258 g/mol. The van der Waals surface area contributed by atoms with E-state index in [0.717, 1.165) is 5.69 Å². The van der Waals surface area contributed by atoms with Crippen LogP contribution >= 0.6 is 0 Å². The Bertz CT molecular complexity index is 554. The highest BCUT2D eigenvalue weighted by Crippen LogP contribution is 2.20. The number of nitrogens with zero attached hydrogens (tertiary/aromatic N) is 2. The first-order valence-electron chi connectivity index (χ1n) is 6.60. The number of hydrogen-bond donors (Lipinski definition) is 2. The van der Waals surface area contributed by atoms with Gasteiger partial charge in [-0.3, -0.25) is 0 Å². The van der Waals surface area contributed by atoms with Gasteiger partial charge in [0.25, 0.3) is 0 Å². The van der Waals surface area contributed by atoms with E-state index in [1.54, 1.807) is 0 Å². The Kier molecular flexibility index (Phi) is 3.21. The lowest BCUT2D eigenvalue weighted by molar-refractivity contribution is 0.478. The van der Waals surface area contributed by atoms with Crippen LogP contribution < -0.4 is 10.6 Å². The van der Waals surface area contributed by atoms with Crippen molar-refractivity contribution in [1.29, 1.82) is 0 Å². The Balaban J connectivity index is 1.65. The maximum atomic E-state index is 5.55. The molecule has 0 bridgehead atoms. The summed E-state index contributed by atoms with van der Waals surface area (Å²) >= 11 is 0. The molecule has 1 aromatic heterocycles. The topological polar surface area (TPSA) is 63.0 Å². The van der Waals surface area contributed by atoms with Gasteiger partial charge < -0.3 is 15.1 Å². The van der Waals surface area contributed by atoms with E-state index in [9.17, 15) is 0 Å². The van der Waals surface area contributed by atoms with Crippen molar-refractivity contribution in [2.45, 2.75) is 39.3 Å². The minimum atomic E-state index is 0.442. The largest absolute Gasteiger partial charge is 0.406 e. The van der Waals surface area contributed by atoms with Gasteiger partial charge in [-0.05, 0) is 49.9 Å². The number of aryl methyl sites for hydroxylation is 2. The van der Waals surface area contributed by atoms with Gasteiger partial charge in [-0.2, -0.15) is 0 Å². The molecule has 0 aliphatic heterocycles. The number of rotatable bonds is 5. The molecule has 5 nitrogen and oxygen atoms in total. The molecule has 19 heavy (non-hydrogen) atoms. The molecule has 2 aromatic rings. The predicted molar refractivity (Wildman–Crippen MR) is 73.4 cm³/mol. The average Bonchev–Trinajstić information content (AvgIpc) is 3.06. The van der Waals surface area contributed by atoms with Crippen molar-refractivity contribution < 1.29 is 4.42 Å². The van der Waals surface area contributed by atoms with E-state index in [4.69, 9.17) is 4.42 Å². The Hall–Kier alpha value is -1.88. The number of anilines is 2. The van der Waals surface area contributed by atoms with Gasteiger partial charge in [-0.15, -0.1) is 5.10 Å². The van der Waals surface area contributed by atoms with E-state index in [1.807, 2.05) is 0 Å². The van der Waals surface area contributed by atoms with Crippen LogP contribution in [0.5, 0.6) is 0 Å². The number of nitrogens with one attached hydrogen (secondary N) is 2. The highest BCUT2D eigenvalue weighted by molar-refractivity contribution is 5.54. The van der Waals surface area contributed by atoms with Gasteiger partial charge in [0.2, 0.25) is 5.89 Å². The summed E-state index contributed by atoms with van der Waals surface area (Å²) in [7, 11) is 0. The maximum Gasteiger partial charge on any atom is 0.320 e. The molecule has 1 aliphatic carbocycles. The van der Waals surface area contributed by atoms with Crippen LogP contribution in [-0.2, 0) is 6.54 Å². The van der Waals surface area contributed by atoms with Crippen LogP contribution in [-0.4, -0.2) is 16.2 Å². The standard InChI is InChI=1S/C14H18N4O/c1-9-5-10(2)7-12(6-9)16-14-18-17-13(19-14)8-15-11-3-4-11/h5-7,11,15H,3-4,8H2,1-2H3,(H,16,18). The summed E-state index contributed by atoms with van der Waals surface area (Å²) in [6.45, 7) is 4.78. The third kappa shape index (κ3) is 3.32. The minimum Gasteiger partial charge on any atom is -0.406 e. The van der Waals surface area contributed by atoms with Crippen molar-refractivity contribution in [3.05, 3.63) is 35.2 Å². The molecule has 0 spiro atoms. The predicted octanol–water partition coefficient (Wildman–Crippen LogP) is 2.68. The first kappa shape index (κ1) is 12.2. The van der Waals surface area contributed by atoms with E-state index >= 15 is 0 Å². The van der Waals surface area contributed by atoms with Crippen LogP contribution in [0.2, 0.25) is 0 Å². The fourth-order valence-electron chi connectivity index (χ4n) is 2.06. The van der Waals surface area contributed by atoms with Gasteiger partial charge in [0.05, 0.1) is 6.54 Å². The smallest absolute Gasteiger partial charge is 0.320 e. The van der Waals surface area contributed by atoms with E-state index in [2.05, 4.69) is 52.9 Å². The van der Waals surface area contributed by atoms with Crippen LogP contribution in [0.4, 0.5) is 11.7 Å². The van der Waals surface area contributed by atoms with Gasteiger partial charge in [-0.1, -0.05) is 11.2 Å². The van der Waals surface area contributed by atoms with Crippen molar-refractivity contribution in [1.82, 2.24) is 15.5 Å². The maximum absolute atomic E-state index is 5.55. The van der Waals surface area contributed by atoms with Crippen LogP contribution in [0.3, 0.4) is 0 Å². The molecule has 0 saturated heterocycles. The lowest BCUT2D eigenvalue weighted by Crippen LogP contribution is -2.15. The third-order valence-corrected chi connectivity index (χ3v) is 3.06. The zero-order valence-corrected chi connectivity index (χ0v) is 11.2. The SMILES string of the molecule is Cc1cc(C)cc(Nc2nnc(CNC3CC3)o2)c1. The normalized spacial score (nSPS) is 14.6. The summed E-state index contributed by atoms with van der Waals surface area (Å²) in [6, 6.07) is 7.32. The number of benzene rings is 1. The molecule has 5 heteroatoms. The van der Waals surface area contributed by atoms with Crippen molar-refractivity contribution in [3.8, 4) is 0 Å². The van der Waals surface area contributed by atoms with Crippen molar-refractivity contribution in [2.24, 2.45) is 0 Å². The summed E-state index contributed by atoms with van der Waals surface area (Å²) in [5.74, 6) is 0.624. The molecule has 0 atom stereocenters. The van der Waals surface area contributed by atoms with Crippen LogP contribution in [0.25, 0.3) is 0 Å². The number of hydrogen-bond acceptors (Lipinski definition) is 5. The van der Waals surface area contributed by atoms with Crippen molar-refractivity contribution in [3.63, 3.8) is 0 Å². The van der Waals surface area contributed by atoms with E-state index < -0.39 is 0 Å². The summed E-state index contributed by atoms with van der Waals surface area (Å²) in [4.78, 5) is 0. The summed E-state index contributed by atoms with van der Waals surface area (Å²) in [5, 5.41) is 14.5. The summed E-state index contributed by atoms with van der Waals surface area (Å²) < 4.78 is 5.55. The summed E-state index contributed by atoms with van der Waals surface area (Å²) in [5.41, 5.74) is 3.39. The zero-order chi connectivity index (χ0) is 13.2. The molecule has 2 N–H and O–H groups in total. The molecule has 1 fully saturated rings. The Morgan fingerprint density at radius 1 is 1.16 bits per heavy atom. The van der Waals surface area contributed by atoms with Crippen LogP contribution in [0, 0.1) is 13.8 Å². The Morgan fingerprint density at radius 3 is 2.58 bits per heavy atom. The van der Waals surface area contributed by atoms with Crippen molar-refractivity contribution >= 4 is 11.7 Å². The quantitative estimate of drug-likeness (QED) is 0.863. The highest BCUT2D eigenvalue weighted by atomic mass is 16.4. The average molecular weight is 258 g/mol. The van der Waals surface area contributed by atoms with Gasteiger partial charge >= 0.3 is 6.01 Å². The third-order valence-electron chi connectivity index (χ3n) is 3.06. The lowest BCUT2D eigenvalue weighted by Gasteiger charge is -2.04. The molecular weight excluding hydrogens is 240 g/mol. The fourth-order valence-corrected chi connectivity index (χ4v) is 2.06. The van der Waals surface area contributed by atoms with Gasteiger partial charge in [0.15, 0.2) is 0 Å². The second-order valence-electron chi connectivity index (χ2n) is 5.16. The molecule has 100 valence electrons. The highest BCUT2D eigenvalue weighted by Gasteiger charge is 2.21. The lowest BCUT2D eigenvalue weighted by atomic mass is 10.1. The Morgan fingerprint density at radius 2 is 1.89 bits per heavy atom. The van der Waals surface area contributed by atoms with E-state index in [0.29, 0.717) is 24.5 Å². The van der Waals surface area contributed by atoms with Crippen LogP contribution in [0.15, 0.2) is 22.6 Å². The summed E-state index contributed by atoms with van der Waals surface area (Å²) in [6.07, 6.45) is 2.50. The van der Waals surface area contributed by atoms with E-state index in [1.165, 1.54) is 24.0 Å². The second kappa shape index (κ2) is 5.01. The molecular formula is C14H18N4O. The van der Waals surface area contributed by atoms with E-state index in [-0.39, 0.29) is 0 Å². The van der Waals surface area contributed by atoms with Gasteiger partial charge in [0, 0.05) is 11.7 Å². The van der Waals surface area contributed by atoms with Gasteiger partial charge in [-0.25, -0.2) is 0 Å². The Labute approximate surface area is 112 Å². The first-order chi connectivity index (χ1) is 9.19. The molecule has 1 aromatic carbocycles. The molecule has 0 unspecified atom stereocenters. The molecule has 1 heterocycles. The minimum absolute atomic E-state index is 0.442. The van der Waals surface area contributed by atoms with Gasteiger partial charge in [0.1, 0.15) is 0 Å². The first-order valence-corrected chi connectivity index (χ1v) is 6.60. The van der Waals surface area contributed by atoms with Crippen LogP contribution in [0.1, 0.15) is 29.9 Å². The molecule has 0 amide bonds. The fraction of sp³-hybridized carbons (Fsp3) is 0.429. The molecule has 3 rings (SSSR count). The molecule has 1 saturated carbocycles. The molecule has 1 aliphatic rings. The van der Waals surface area contributed by atoms with Crippen molar-refractivity contribution in [2.75, 3.05) is 5.32 Å². The second-order valence-corrected chi connectivity index (χ2v) is 5.16. The molecule has 0 radical (unpaired) electrons. The number of aromatic nitrogens is 2.